The summed E-state index contributed by atoms with van der Waals surface area (Å²) in [5, 5.41) is 12.9. The zero-order chi connectivity index (χ0) is 14.4. The molecule has 3 nitrogen and oxygen atoms in total. The number of benzene rings is 1. The molecule has 0 heterocycles. The van der Waals surface area contributed by atoms with Gasteiger partial charge in [0.2, 0.25) is 0 Å². The Bertz CT molecular complexity index is 454. The predicted octanol–water partition coefficient (Wildman–Crippen LogP) is 4.63. The lowest BCUT2D eigenvalue weighted by molar-refractivity contribution is 0.0694. The highest BCUT2D eigenvalue weighted by Crippen LogP contribution is 2.29. The molecular formula is C16H23NO2S. The summed E-state index contributed by atoms with van der Waals surface area (Å²) >= 11 is 1.49. The maximum Gasteiger partial charge on any atom is 0.338 e. The van der Waals surface area contributed by atoms with Crippen LogP contribution < -0.4 is 5.32 Å². The van der Waals surface area contributed by atoms with Gasteiger partial charge in [-0.15, -0.1) is 11.8 Å². The lowest BCUT2D eigenvalue weighted by atomic mass is 9.96. The van der Waals surface area contributed by atoms with Gasteiger partial charge in [-0.1, -0.05) is 38.2 Å². The Morgan fingerprint density at radius 2 is 1.85 bits per heavy atom. The monoisotopic (exact) mass is 293 g/mol. The van der Waals surface area contributed by atoms with E-state index in [0.29, 0.717) is 11.6 Å². The quantitative estimate of drug-likeness (QED) is 0.795. The first-order valence-corrected chi connectivity index (χ1v) is 8.61. The van der Waals surface area contributed by atoms with Crippen LogP contribution in [0.4, 0.5) is 5.69 Å². The maximum atomic E-state index is 11.5. The van der Waals surface area contributed by atoms with Crippen molar-refractivity contribution in [3.05, 3.63) is 23.8 Å². The topological polar surface area (TPSA) is 49.3 Å². The molecular weight excluding hydrogens is 270 g/mol. The van der Waals surface area contributed by atoms with Crippen LogP contribution in [0.25, 0.3) is 0 Å². The van der Waals surface area contributed by atoms with Gasteiger partial charge in [-0.05, 0) is 31.2 Å². The van der Waals surface area contributed by atoms with Crippen LogP contribution in [0.1, 0.15) is 55.3 Å². The lowest BCUT2D eigenvalue weighted by Gasteiger charge is -2.23. The van der Waals surface area contributed by atoms with Crippen molar-refractivity contribution in [1.82, 2.24) is 0 Å². The molecule has 1 saturated carbocycles. The number of nitrogens with one attached hydrogen (secondary N) is 1. The smallest absolute Gasteiger partial charge is 0.338 e. The van der Waals surface area contributed by atoms with E-state index in [9.17, 15) is 9.90 Å². The van der Waals surface area contributed by atoms with Crippen LogP contribution in [0.15, 0.2) is 23.1 Å². The zero-order valence-corrected chi connectivity index (χ0v) is 12.8. The minimum Gasteiger partial charge on any atom is -0.478 e. The van der Waals surface area contributed by atoms with Crippen molar-refractivity contribution in [2.75, 3.05) is 11.6 Å². The molecule has 0 saturated heterocycles. The Morgan fingerprint density at radius 1 is 1.20 bits per heavy atom. The third kappa shape index (κ3) is 3.92. The molecule has 0 amide bonds. The van der Waals surface area contributed by atoms with Crippen LogP contribution in [-0.2, 0) is 0 Å². The first-order valence-electron chi connectivity index (χ1n) is 7.39. The van der Waals surface area contributed by atoms with Crippen molar-refractivity contribution in [2.24, 2.45) is 0 Å². The molecule has 0 radical (unpaired) electrons. The molecule has 2 rings (SSSR count). The van der Waals surface area contributed by atoms with Gasteiger partial charge in [0.15, 0.2) is 0 Å². The number of thioether (sulfide) groups is 1. The van der Waals surface area contributed by atoms with E-state index in [2.05, 4.69) is 5.32 Å². The van der Waals surface area contributed by atoms with Crippen molar-refractivity contribution >= 4 is 23.4 Å². The average molecular weight is 293 g/mol. The summed E-state index contributed by atoms with van der Waals surface area (Å²) in [4.78, 5) is 12.3. The molecule has 1 aromatic carbocycles. The van der Waals surface area contributed by atoms with Crippen molar-refractivity contribution in [3.63, 3.8) is 0 Å². The van der Waals surface area contributed by atoms with Gasteiger partial charge >= 0.3 is 5.97 Å². The second kappa shape index (κ2) is 7.58. The summed E-state index contributed by atoms with van der Waals surface area (Å²) in [6, 6.07) is 6.11. The molecule has 0 spiro atoms. The van der Waals surface area contributed by atoms with E-state index in [1.54, 1.807) is 0 Å². The fourth-order valence-electron chi connectivity index (χ4n) is 2.86. The third-order valence-electron chi connectivity index (χ3n) is 3.92. The molecule has 0 bridgehead atoms. The highest BCUT2D eigenvalue weighted by atomic mass is 32.2. The summed E-state index contributed by atoms with van der Waals surface area (Å²) < 4.78 is 0. The molecule has 1 aromatic rings. The normalized spacial score (nSPS) is 17.2. The summed E-state index contributed by atoms with van der Waals surface area (Å²) in [6.45, 7) is 0. The Hall–Kier alpha value is -1.16. The second-order valence-electron chi connectivity index (χ2n) is 5.37. The first-order chi connectivity index (χ1) is 9.72. The molecule has 0 unspecified atom stereocenters. The molecule has 0 aromatic heterocycles. The van der Waals surface area contributed by atoms with Crippen molar-refractivity contribution < 1.29 is 9.90 Å². The molecule has 2 N–H and O–H groups in total. The van der Waals surface area contributed by atoms with Crippen molar-refractivity contribution in [3.8, 4) is 0 Å². The van der Waals surface area contributed by atoms with Crippen LogP contribution in [0.3, 0.4) is 0 Å². The van der Waals surface area contributed by atoms with E-state index in [1.807, 2.05) is 24.5 Å². The summed E-state index contributed by atoms with van der Waals surface area (Å²) in [6.07, 6.45) is 10.6. The van der Waals surface area contributed by atoms with Crippen LogP contribution >= 0.6 is 11.8 Å². The Balaban J connectivity index is 2.16. The maximum absolute atomic E-state index is 11.5. The number of hydrogen-bond acceptors (Lipinski definition) is 3. The Kier molecular flexibility index (Phi) is 5.77. The minimum atomic E-state index is -0.844. The lowest BCUT2D eigenvalue weighted by Crippen LogP contribution is -2.22. The summed E-state index contributed by atoms with van der Waals surface area (Å²) in [7, 11) is 0. The summed E-state index contributed by atoms with van der Waals surface area (Å²) in [5.41, 5.74) is 1.19. The number of aromatic carboxylic acids is 1. The van der Waals surface area contributed by atoms with Crippen LogP contribution in [0.5, 0.6) is 0 Å². The van der Waals surface area contributed by atoms with Gasteiger partial charge in [0, 0.05) is 10.9 Å². The van der Waals surface area contributed by atoms with Gasteiger partial charge in [0.1, 0.15) is 0 Å². The average Bonchev–Trinajstić information content (AvgIpc) is 2.41. The largest absolute Gasteiger partial charge is 0.478 e. The molecule has 20 heavy (non-hydrogen) atoms. The fourth-order valence-corrected chi connectivity index (χ4v) is 3.48. The molecule has 110 valence electrons. The van der Waals surface area contributed by atoms with Gasteiger partial charge in [-0.3, -0.25) is 0 Å². The zero-order valence-electron chi connectivity index (χ0n) is 12.0. The van der Waals surface area contributed by atoms with E-state index in [-0.39, 0.29) is 0 Å². The molecule has 1 aliphatic rings. The Labute approximate surface area is 125 Å². The second-order valence-corrected chi connectivity index (χ2v) is 6.22. The highest BCUT2D eigenvalue weighted by Gasteiger charge is 2.18. The standard InChI is InChI=1S/C16H23NO2S/c1-20-14-11-7-10-13(15(14)16(18)19)17-12-8-5-3-2-4-6-9-12/h7,10-12,17H,2-6,8-9H2,1H3,(H,18,19). The van der Waals surface area contributed by atoms with Gasteiger partial charge < -0.3 is 10.4 Å². The third-order valence-corrected chi connectivity index (χ3v) is 4.70. The van der Waals surface area contributed by atoms with Gasteiger partial charge in [-0.25, -0.2) is 4.79 Å². The molecule has 0 atom stereocenters. The summed E-state index contributed by atoms with van der Waals surface area (Å²) in [5.74, 6) is -0.844. The van der Waals surface area contributed by atoms with Gasteiger partial charge in [0.05, 0.1) is 11.3 Å². The van der Waals surface area contributed by atoms with Crippen molar-refractivity contribution in [1.29, 1.82) is 0 Å². The highest BCUT2D eigenvalue weighted by molar-refractivity contribution is 7.98. The SMILES string of the molecule is CSc1cccc(NC2CCCCCCC2)c1C(=O)O. The van der Waals surface area contributed by atoms with Crippen LogP contribution in [-0.4, -0.2) is 23.4 Å². The number of hydrogen-bond donors (Lipinski definition) is 2. The van der Waals surface area contributed by atoms with Gasteiger partial charge in [-0.2, -0.15) is 0 Å². The van der Waals surface area contributed by atoms with E-state index in [4.69, 9.17) is 0 Å². The number of carboxylic acid groups (broad SMARTS) is 1. The minimum absolute atomic E-state index is 0.408. The fraction of sp³-hybridized carbons (Fsp3) is 0.562. The number of carbonyl (C=O) groups is 1. The number of rotatable bonds is 4. The van der Waals surface area contributed by atoms with E-state index >= 15 is 0 Å². The molecule has 0 aliphatic heterocycles. The van der Waals surface area contributed by atoms with E-state index in [1.165, 1.54) is 43.9 Å². The molecule has 1 aliphatic carbocycles. The van der Waals surface area contributed by atoms with E-state index < -0.39 is 5.97 Å². The molecule has 4 heteroatoms. The predicted molar refractivity (Wildman–Crippen MR) is 84.9 cm³/mol. The molecule has 1 fully saturated rings. The first kappa shape index (κ1) is 15.2. The van der Waals surface area contributed by atoms with Crippen molar-refractivity contribution in [2.45, 2.75) is 55.9 Å². The Morgan fingerprint density at radius 3 is 2.45 bits per heavy atom. The van der Waals surface area contributed by atoms with Gasteiger partial charge in [0.25, 0.3) is 0 Å². The van der Waals surface area contributed by atoms with Crippen LogP contribution in [0.2, 0.25) is 0 Å². The number of anilines is 1. The number of carboxylic acids is 1. The van der Waals surface area contributed by atoms with Crippen LogP contribution in [0, 0.1) is 0 Å². The van der Waals surface area contributed by atoms with E-state index in [0.717, 1.165) is 23.4 Å².